The number of alkyl halides is 1. The number of hydrogen-bond acceptors (Lipinski definition) is 5. The summed E-state index contributed by atoms with van der Waals surface area (Å²) in [6.45, 7) is 10.9. The van der Waals surface area contributed by atoms with Gasteiger partial charge in [-0.05, 0) is 35.4 Å². The molecule has 3 rings (SSSR count). The van der Waals surface area contributed by atoms with E-state index < -0.39 is 6.10 Å². The molecule has 1 aliphatic rings. The molecule has 2 aromatic carbocycles. The van der Waals surface area contributed by atoms with Gasteiger partial charge >= 0.3 is 0 Å². The standard InChI is InChI=1S/C26H35Cl2NO4/c1-19(15-27)17-33-25-9-6-21(14-24(25)28)26(2,3)20-4-7-23(8-5-20)32-18-22(30)16-29-10-12-31-13-11-29/h4-9,14,19,22,30H,10-13,15-18H2,1-3H3/t19-,22-/m0/s1. The van der Waals surface area contributed by atoms with Crippen LogP contribution in [0.5, 0.6) is 11.5 Å². The Morgan fingerprint density at radius 1 is 1.03 bits per heavy atom. The monoisotopic (exact) mass is 495 g/mol. The van der Waals surface area contributed by atoms with Gasteiger partial charge < -0.3 is 19.3 Å². The topological polar surface area (TPSA) is 51.2 Å². The molecule has 33 heavy (non-hydrogen) atoms. The van der Waals surface area contributed by atoms with Crippen molar-refractivity contribution in [1.82, 2.24) is 4.90 Å². The van der Waals surface area contributed by atoms with Gasteiger partial charge in [-0.3, -0.25) is 4.90 Å². The van der Waals surface area contributed by atoms with E-state index in [2.05, 4.69) is 36.9 Å². The van der Waals surface area contributed by atoms with Crippen molar-refractivity contribution in [2.24, 2.45) is 5.92 Å². The Morgan fingerprint density at radius 2 is 1.70 bits per heavy atom. The summed E-state index contributed by atoms with van der Waals surface area (Å²) in [6.07, 6.45) is -0.533. The fourth-order valence-corrected chi connectivity index (χ4v) is 4.07. The number of aliphatic hydroxyl groups is 1. The Labute approximate surface area is 207 Å². The first-order valence-electron chi connectivity index (χ1n) is 11.5. The van der Waals surface area contributed by atoms with Gasteiger partial charge in [0.15, 0.2) is 0 Å². The Bertz CT molecular complexity index is 869. The number of halogens is 2. The third-order valence-electron chi connectivity index (χ3n) is 6.03. The van der Waals surface area contributed by atoms with Gasteiger partial charge in [0.1, 0.15) is 24.2 Å². The molecule has 0 unspecified atom stereocenters. The molecule has 0 aromatic heterocycles. The average molecular weight is 496 g/mol. The minimum atomic E-state index is -0.533. The van der Waals surface area contributed by atoms with Crippen molar-refractivity contribution < 1.29 is 19.3 Å². The van der Waals surface area contributed by atoms with Crippen molar-refractivity contribution in [2.75, 3.05) is 51.9 Å². The maximum atomic E-state index is 10.3. The maximum absolute atomic E-state index is 10.3. The first-order chi connectivity index (χ1) is 15.8. The lowest BCUT2D eigenvalue weighted by Gasteiger charge is -2.28. The van der Waals surface area contributed by atoms with Gasteiger partial charge in [-0.1, -0.05) is 50.6 Å². The third-order valence-corrected chi connectivity index (χ3v) is 6.85. The van der Waals surface area contributed by atoms with Crippen molar-refractivity contribution in [3.05, 3.63) is 58.6 Å². The molecule has 0 spiro atoms. The summed E-state index contributed by atoms with van der Waals surface area (Å²) in [6, 6.07) is 14.0. The van der Waals surface area contributed by atoms with Crippen LogP contribution in [0.3, 0.4) is 0 Å². The van der Waals surface area contributed by atoms with Crippen molar-refractivity contribution in [1.29, 1.82) is 0 Å². The molecule has 1 N–H and O–H groups in total. The zero-order chi connectivity index (χ0) is 23.8. The highest BCUT2D eigenvalue weighted by Gasteiger charge is 2.24. The normalized spacial score (nSPS) is 16.9. The molecule has 2 atom stereocenters. The Kier molecular flexibility index (Phi) is 9.71. The first-order valence-corrected chi connectivity index (χ1v) is 12.4. The van der Waals surface area contributed by atoms with Crippen molar-refractivity contribution >= 4 is 23.2 Å². The average Bonchev–Trinajstić information content (AvgIpc) is 2.82. The molecule has 1 saturated heterocycles. The number of aliphatic hydroxyl groups excluding tert-OH is 1. The van der Waals surface area contributed by atoms with E-state index in [9.17, 15) is 5.11 Å². The molecule has 182 valence electrons. The third kappa shape index (κ3) is 7.49. The van der Waals surface area contributed by atoms with E-state index in [-0.39, 0.29) is 17.9 Å². The molecule has 5 nitrogen and oxygen atoms in total. The van der Waals surface area contributed by atoms with Crippen LogP contribution in [0.15, 0.2) is 42.5 Å². The molecule has 1 heterocycles. The Balaban J connectivity index is 1.57. The van der Waals surface area contributed by atoms with Crippen LogP contribution in [0.2, 0.25) is 5.02 Å². The van der Waals surface area contributed by atoms with E-state index in [1.165, 1.54) is 0 Å². The second-order valence-electron chi connectivity index (χ2n) is 9.24. The van der Waals surface area contributed by atoms with Crippen LogP contribution < -0.4 is 9.47 Å². The molecular formula is C26H35Cl2NO4. The van der Waals surface area contributed by atoms with E-state index >= 15 is 0 Å². The van der Waals surface area contributed by atoms with Crippen molar-refractivity contribution in [2.45, 2.75) is 32.3 Å². The minimum absolute atomic E-state index is 0.250. The molecular weight excluding hydrogens is 461 g/mol. The zero-order valence-electron chi connectivity index (χ0n) is 19.7. The van der Waals surface area contributed by atoms with Crippen molar-refractivity contribution in [3.8, 4) is 11.5 Å². The van der Waals surface area contributed by atoms with Crippen LogP contribution in [0, 0.1) is 5.92 Å². The predicted molar refractivity (Wildman–Crippen MR) is 134 cm³/mol. The zero-order valence-corrected chi connectivity index (χ0v) is 21.2. The summed E-state index contributed by atoms with van der Waals surface area (Å²) < 4.78 is 17.0. The number of ether oxygens (including phenoxy) is 3. The summed E-state index contributed by atoms with van der Waals surface area (Å²) >= 11 is 12.4. The van der Waals surface area contributed by atoms with Gasteiger partial charge in [0.05, 0.1) is 24.8 Å². The summed E-state index contributed by atoms with van der Waals surface area (Å²) in [4.78, 5) is 2.20. The van der Waals surface area contributed by atoms with Crippen molar-refractivity contribution in [3.63, 3.8) is 0 Å². The maximum Gasteiger partial charge on any atom is 0.137 e. The smallest absolute Gasteiger partial charge is 0.137 e. The number of rotatable bonds is 11. The van der Waals surface area contributed by atoms with Crippen LogP contribution in [0.25, 0.3) is 0 Å². The van der Waals surface area contributed by atoms with Gasteiger partial charge in [0.25, 0.3) is 0 Å². The van der Waals surface area contributed by atoms with E-state index in [0.717, 1.165) is 43.2 Å². The fourth-order valence-electron chi connectivity index (χ4n) is 3.74. The lowest BCUT2D eigenvalue weighted by molar-refractivity contribution is 0.00465. The van der Waals surface area contributed by atoms with Crippen LogP contribution in [0.4, 0.5) is 0 Å². The second-order valence-corrected chi connectivity index (χ2v) is 9.96. The molecule has 1 fully saturated rings. The Morgan fingerprint density at radius 3 is 2.33 bits per heavy atom. The largest absolute Gasteiger partial charge is 0.492 e. The highest BCUT2D eigenvalue weighted by molar-refractivity contribution is 6.32. The van der Waals surface area contributed by atoms with Gasteiger partial charge in [-0.15, -0.1) is 11.6 Å². The molecule has 0 aliphatic carbocycles. The molecule has 7 heteroatoms. The second kappa shape index (κ2) is 12.3. The van der Waals surface area contributed by atoms with E-state index in [0.29, 0.717) is 29.8 Å². The molecule has 0 saturated carbocycles. The van der Waals surface area contributed by atoms with Crippen LogP contribution >= 0.6 is 23.2 Å². The van der Waals surface area contributed by atoms with E-state index in [1.54, 1.807) is 0 Å². The quantitative estimate of drug-likeness (QED) is 0.445. The summed E-state index contributed by atoms with van der Waals surface area (Å²) in [7, 11) is 0. The lowest BCUT2D eigenvalue weighted by Crippen LogP contribution is -2.42. The van der Waals surface area contributed by atoms with Gasteiger partial charge in [-0.2, -0.15) is 0 Å². The van der Waals surface area contributed by atoms with Gasteiger partial charge in [0, 0.05) is 36.8 Å². The predicted octanol–water partition coefficient (Wildman–Crippen LogP) is 4.99. The Hall–Kier alpha value is -1.50. The van der Waals surface area contributed by atoms with Crippen LogP contribution in [-0.2, 0) is 10.2 Å². The molecule has 2 aromatic rings. The molecule has 0 amide bonds. The summed E-state index contributed by atoms with van der Waals surface area (Å²) in [5.41, 5.74) is 1.99. The van der Waals surface area contributed by atoms with E-state index in [1.807, 2.05) is 31.2 Å². The summed E-state index contributed by atoms with van der Waals surface area (Å²) in [5.74, 6) is 2.23. The highest BCUT2D eigenvalue weighted by atomic mass is 35.5. The van der Waals surface area contributed by atoms with Gasteiger partial charge in [0.2, 0.25) is 0 Å². The molecule has 0 bridgehead atoms. The summed E-state index contributed by atoms with van der Waals surface area (Å²) in [5, 5.41) is 10.9. The fraction of sp³-hybridized carbons (Fsp3) is 0.538. The number of hydrogen-bond donors (Lipinski definition) is 1. The number of nitrogens with zero attached hydrogens (tertiary/aromatic N) is 1. The van der Waals surface area contributed by atoms with Crippen LogP contribution in [-0.4, -0.2) is 68.1 Å². The molecule has 0 radical (unpaired) electrons. The first kappa shape index (κ1) is 26.1. The number of morpholine rings is 1. The van der Waals surface area contributed by atoms with E-state index in [4.69, 9.17) is 37.4 Å². The lowest BCUT2D eigenvalue weighted by atomic mass is 9.78. The number of benzene rings is 2. The van der Waals surface area contributed by atoms with Crippen LogP contribution in [0.1, 0.15) is 31.9 Å². The highest BCUT2D eigenvalue weighted by Crippen LogP contribution is 2.36. The SMILES string of the molecule is C[C@@H](CCl)COc1ccc(C(C)(C)c2ccc(OC[C@@H](O)CN3CCOCC3)cc2)cc1Cl. The minimum Gasteiger partial charge on any atom is -0.492 e. The number of β-amino-alcohol motifs (C(OH)–C–C–N with tert-alkyl or cyclic N) is 1. The van der Waals surface area contributed by atoms with Gasteiger partial charge in [-0.25, -0.2) is 0 Å². The molecule has 1 aliphatic heterocycles.